The Morgan fingerprint density at radius 1 is 0.944 bits per heavy atom. The van der Waals surface area contributed by atoms with Gasteiger partial charge in [0.15, 0.2) is 0 Å². The molecule has 0 aliphatic carbocycles. The number of aromatic nitrogens is 3. The molecule has 6 rings (SSSR count). The molecule has 4 heterocycles. The summed E-state index contributed by atoms with van der Waals surface area (Å²) in [5.41, 5.74) is 7.30. The number of carbonyl (C=O) groups excluding carboxylic acids is 3. The van der Waals surface area contributed by atoms with Crippen molar-refractivity contribution in [3.63, 3.8) is 0 Å². The van der Waals surface area contributed by atoms with E-state index in [9.17, 15) is 14.4 Å². The molecule has 0 saturated carbocycles. The van der Waals surface area contributed by atoms with Crippen molar-refractivity contribution in [3.05, 3.63) is 84.4 Å². The number of hydrogen-bond donors (Lipinski definition) is 1. The highest BCUT2D eigenvalue weighted by molar-refractivity contribution is 6.05. The summed E-state index contributed by atoms with van der Waals surface area (Å²) in [6.07, 6.45) is 5.96. The van der Waals surface area contributed by atoms with Crippen LogP contribution in [0.5, 0.6) is 0 Å². The van der Waals surface area contributed by atoms with Gasteiger partial charge in [0.25, 0.3) is 5.91 Å². The molecule has 0 spiro atoms. The molecule has 3 amide bonds. The van der Waals surface area contributed by atoms with Crippen LogP contribution in [0.25, 0.3) is 33.6 Å². The molecule has 2 aliphatic heterocycles. The molecular weight excluding hydrogens is 454 g/mol. The van der Waals surface area contributed by atoms with Gasteiger partial charge in [0.05, 0.1) is 17.7 Å². The zero-order valence-corrected chi connectivity index (χ0v) is 19.6. The zero-order chi connectivity index (χ0) is 24.8. The number of imidazole rings is 1. The van der Waals surface area contributed by atoms with Gasteiger partial charge in [-0.05, 0) is 41.3 Å². The Labute approximate surface area is 207 Å². The van der Waals surface area contributed by atoms with Crippen LogP contribution in [0.2, 0.25) is 0 Å². The number of carbonyl (C=O) groups is 3. The number of nitrogens with zero attached hydrogens (tertiary/aromatic N) is 4. The maximum absolute atomic E-state index is 13.0. The van der Waals surface area contributed by atoms with E-state index in [1.165, 1.54) is 0 Å². The largest absolute Gasteiger partial charge is 0.333 e. The number of imide groups is 1. The first-order valence-electron chi connectivity index (χ1n) is 11.8. The number of pyridine rings is 1. The molecule has 1 saturated heterocycles. The lowest BCUT2D eigenvalue weighted by Crippen LogP contribution is -2.52. The van der Waals surface area contributed by atoms with Crippen molar-refractivity contribution in [1.29, 1.82) is 0 Å². The SMILES string of the molecule is Cn1cnc(-c2ccc3c(c2)CN(C2CCC(=O)NC2=O)C3=O)c1-c1ccc(-c2cccnc2)cc1. The summed E-state index contributed by atoms with van der Waals surface area (Å²) in [5.74, 6) is -0.883. The lowest BCUT2D eigenvalue weighted by atomic mass is 9.99. The highest BCUT2D eigenvalue weighted by Crippen LogP contribution is 2.35. The second-order valence-electron chi connectivity index (χ2n) is 9.14. The first-order chi connectivity index (χ1) is 17.5. The fourth-order valence-corrected chi connectivity index (χ4v) is 5.06. The average Bonchev–Trinajstić information content (AvgIpc) is 3.44. The van der Waals surface area contributed by atoms with E-state index in [1.54, 1.807) is 17.4 Å². The third kappa shape index (κ3) is 3.67. The van der Waals surface area contributed by atoms with E-state index >= 15 is 0 Å². The average molecular weight is 478 g/mol. The minimum atomic E-state index is -0.630. The first kappa shape index (κ1) is 21.9. The Bertz CT molecular complexity index is 1510. The van der Waals surface area contributed by atoms with Crippen molar-refractivity contribution in [2.24, 2.45) is 7.05 Å². The van der Waals surface area contributed by atoms with Gasteiger partial charge in [-0.15, -0.1) is 0 Å². The van der Waals surface area contributed by atoms with Crippen molar-refractivity contribution in [2.45, 2.75) is 25.4 Å². The van der Waals surface area contributed by atoms with E-state index in [0.29, 0.717) is 18.5 Å². The van der Waals surface area contributed by atoms with Crippen LogP contribution in [0.15, 0.2) is 73.3 Å². The van der Waals surface area contributed by atoms with Crippen LogP contribution in [0.3, 0.4) is 0 Å². The molecule has 178 valence electrons. The molecule has 4 aromatic rings. The highest BCUT2D eigenvalue weighted by atomic mass is 16.2. The van der Waals surface area contributed by atoms with Crippen molar-refractivity contribution < 1.29 is 14.4 Å². The van der Waals surface area contributed by atoms with Gasteiger partial charge in [0, 0.05) is 49.1 Å². The molecule has 0 bridgehead atoms. The van der Waals surface area contributed by atoms with Crippen LogP contribution < -0.4 is 5.32 Å². The molecule has 2 aromatic carbocycles. The van der Waals surface area contributed by atoms with E-state index in [-0.39, 0.29) is 18.2 Å². The molecular formula is C28H23N5O3. The van der Waals surface area contributed by atoms with Crippen molar-refractivity contribution in [3.8, 4) is 33.6 Å². The molecule has 8 heteroatoms. The normalized spacial score (nSPS) is 17.3. The van der Waals surface area contributed by atoms with Crippen LogP contribution in [0.1, 0.15) is 28.8 Å². The molecule has 1 N–H and O–H groups in total. The van der Waals surface area contributed by atoms with Gasteiger partial charge >= 0.3 is 0 Å². The maximum Gasteiger partial charge on any atom is 0.255 e. The number of rotatable bonds is 4. The summed E-state index contributed by atoms with van der Waals surface area (Å²) >= 11 is 0. The molecule has 2 aliphatic rings. The Morgan fingerprint density at radius 3 is 2.47 bits per heavy atom. The van der Waals surface area contributed by atoms with Gasteiger partial charge < -0.3 is 9.47 Å². The predicted molar refractivity (Wildman–Crippen MR) is 133 cm³/mol. The second kappa shape index (κ2) is 8.57. The van der Waals surface area contributed by atoms with Gasteiger partial charge in [-0.1, -0.05) is 36.4 Å². The topological polar surface area (TPSA) is 97.2 Å². The molecule has 1 fully saturated rings. The van der Waals surface area contributed by atoms with Crippen LogP contribution in [-0.2, 0) is 23.2 Å². The lowest BCUT2D eigenvalue weighted by molar-refractivity contribution is -0.136. The molecule has 0 radical (unpaired) electrons. The first-order valence-corrected chi connectivity index (χ1v) is 11.8. The van der Waals surface area contributed by atoms with Crippen LogP contribution >= 0.6 is 0 Å². The molecule has 2 aromatic heterocycles. The van der Waals surface area contributed by atoms with Crippen LogP contribution in [0.4, 0.5) is 0 Å². The van der Waals surface area contributed by atoms with E-state index in [0.717, 1.165) is 39.2 Å². The minimum Gasteiger partial charge on any atom is -0.333 e. The predicted octanol–water partition coefficient (Wildman–Crippen LogP) is 3.58. The highest BCUT2D eigenvalue weighted by Gasteiger charge is 2.39. The smallest absolute Gasteiger partial charge is 0.255 e. The number of piperidine rings is 1. The number of aryl methyl sites for hydroxylation is 1. The maximum atomic E-state index is 13.0. The third-order valence-electron chi connectivity index (χ3n) is 6.89. The summed E-state index contributed by atoms with van der Waals surface area (Å²) in [5, 5.41) is 2.35. The standard InChI is InChI=1S/C28H23N5O3/c1-32-16-30-25(26(32)18-6-4-17(5-7-18)20-3-2-12-29-14-20)19-8-9-22-21(13-19)15-33(28(22)36)23-10-11-24(34)31-27(23)35/h2-9,12-14,16,23H,10-11,15H2,1H3,(H,31,34,35). The fraction of sp³-hybridized carbons (Fsp3) is 0.179. The quantitative estimate of drug-likeness (QED) is 0.453. The Balaban J connectivity index is 1.31. The van der Waals surface area contributed by atoms with Gasteiger partial charge in [-0.2, -0.15) is 0 Å². The second-order valence-corrected chi connectivity index (χ2v) is 9.14. The summed E-state index contributed by atoms with van der Waals surface area (Å²) in [7, 11) is 1.96. The van der Waals surface area contributed by atoms with Gasteiger partial charge in [-0.3, -0.25) is 24.7 Å². The number of amides is 3. The fourth-order valence-electron chi connectivity index (χ4n) is 5.06. The van der Waals surface area contributed by atoms with Crippen molar-refractivity contribution in [1.82, 2.24) is 24.8 Å². The molecule has 1 atom stereocenters. The van der Waals surface area contributed by atoms with Gasteiger partial charge in [0.1, 0.15) is 6.04 Å². The minimum absolute atomic E-state index is 0.182. The number of benzene rings is 2. The lowest BCUT2D eigenvalue weighted by Gasteiger charge is -2.29. The van der Waals surface area contributed by atoms with Gasteiger partial charge in [-0.25, -0.2) is 4.98 Å². The molecule has 36 heavy (non-hydrogen) atoms. The number of hydrogen-bond acceptors (Lipinski definition) is 5. The van der Waals surface area contributed by atoms with Gasteiger partial charge in [0.2, 0.25) is 11.8 Å². The number of fused-ring (bicyclic) bond motifs is 1. The van der Waals surface area contributed by atoms with Crippen LogP contribution in [0, 0.1) is 0 Å². The summed E-state index contributed by atoms with van der Waals surface area (Å²) < 4.78 is 1.99. The summed E-state index contributed by atoms with van der Waals surface area (Å²) in [6, 6.07) is 17.3. The Kier molecular flexibility index (Phi) is 5.21. The molecule has 1 unspecified atom stereocenters. The van der Waals surface area contributed by atoms with Crippen molar-refractivity contribution in [2.75, 3.05) is 0 Å². The molecule has 8 nitrogen and oxygen atoms in total. The van der Waals surface area contributed by atoms with Crippen LogP contribution in [-0.4, -0.2) is 43.2 Å². The van der Waals surface area contributed by atoms with Crippen molar-refractivity contribution >= 4 is 17.7 Å². The zero-order valence-electron chi connectivity index (χ0n) is 19.6. The summed E-state index contributed by atoms with van der Waals surface area (Å²) in [4.78, 5) is 47.4. The van der Waals surface area contributed by atoms with E-state index < -0.39 is 11.9 Å². The Morgan fingerprint density at radius 2 is 1.72 bits per heavy atom. The Hall–Kier alpha value is -4.59. The van der Waals surface area contributed by atoms with E-state index in [4.69, 9.17) is 0 Å². The monoisotopic (exact) mass is 477 g/mol. The number of nitrogens with one attached hydrogen (secondary N) is 1. The summed E-state index contributed by atoms with van der Waals surface area (Å²) in [6.45, 7) is 0.330. The third-order valence-corrected chi connectivity index (χ3v) is 6.89. The van der Waals surface area contributed by atoms with E-state index in [2.05, 4.69) is 39.6 Å². The van der Waals surface area contributed by atoms with E-state index in [1.807, 2.05) is 48.1 Å².